The van der Waals surface area contributed by atoms with Gasteiger partial charge in [0.2, 0.25) is 11.8 Å². The normalized spacial score (nSPS) is 10.5. The lowest BCUT2D eigenvalue weighted by Gasteiger charge is -2.06. The summed E-state index contributed by atoms with van der Waals surface area (Å²) < 4.78 is 5.26. The van der Waals surface area contributed by atoms with E-state index < -0.39 is 5.91 Å². The maximum Gasteiger partial charge on any atom is 0.248 e. The van der Waals surface area contributed by atoms with Gasteiger partial charge < -0.3 is 15.8 Å². The maximum atomic E-state index is 12.0. The van der Waals surface area contributed by atoms with Crippen molar-refractivity contribution in [2.24, 2.45) is 5.73 Å². The second-order valence-electron chi connectivity index (χ2n) is 5.01. The number of ether oxygens (including phenoxy) is 1. The summed E-state index contributed by atoms with van der Waals surface area (Å²) in [7, 11) is 1.58. The molecule has 0 aliphatic carbocycles. The average Bonchev–Trinajstić information content (AvgIpc) is 2.53. The summed E-state index contributed by atoms with van der Waals surface area (Å²) in [6.45, 7) is 1.96. The Morgan fingerprint density at radius 3 is 2.65 bits per heavy atom. The molecule has 0 fully saturated rings. The van der Waals surface area contributed by atoms with Gasteiger partial charge in [-0.25, -0.2) is 0 Å². The van der Waals surface area contributed by atoms with Gasteiger partial charge in [-0.05, 0) is 43.3 Å². The lowest BCUT2D eigenvalue weighted by molar-refractivity contribution is -0.111. The number of benzene rings is 2. The van der Waals surface area contributed by atoms with Crippen molar-refractivity contribution >= 4 is 23.6 Å². The van der Waals surface area contributed by atoms with Crippen LogP contribution in [0.15, 0.2) is 48.5 Å². The molecule has 0 aromatic heterocycles. The number of methoxy groups -OCH3 is 1. The quantitative estimate of drug-likeness (QED) is 0.833. The van der Waals surface area contributed by atoms with Gasteiger partial charge in [0.1, 0.15) is 5.75 Å². The first-order chi connectivity index (χ1) is 11.0. The molecular formula is C18H18N2O3. The number of carbonyl (C=O) groups is 2. The third-order valence-electron chi connectivity index (χ3n) is 3.21. The summed E-state index contributed by atoms with van der Waals surface area (Å²) >= 11 is 0. The molecule has 0 heterocycles. The molecule has 0 unspecified atom stereocenters. The topological polar surface area (TPSA) is 81.4 Å². The van der Waals surface area contributed by atoms with Crippen LogP contribution in [0.5, 0.6) is 5.75 Å². The number of hydrogen-bond acceptors (Lipinski definition) is 3. The van der Waals surface area contributed by atoms with Gasteiger partial charge in [-0.1, -0.05) is 17.7 Å². The molecule has 0 saturated heterocycles. The van der Waals surface area contributed by atoms with E-state index in [0.29, 0.717) is 17.0 Å². The maximum absolute atomic E-state index is 12.0. The van der Waals surface area contributed by atoms with Crippen molar-refractivity contribution in [3.63, 3.8) is 0 Å². The van der Waals surface area contributed by atoms with Crippen molar-refractivity contribution in [1.29, 1.82) is 0 Å². The monoisotopic (exact) mass is 310 g/mol. The Bertz CT molecular complexity index is 767. The van der Waals surface area contributed by atoms with Crippen LogP contribution < -0.4 is 15.8 Å². The van der Waals surface area contributed by atoms with Crippen LogP contribution in [-0.4, -0.2) is 18.9 Å². The molecule has 2 aromatic rings. The van der Waals surface area contributed by atoms with Crippen molar-refractivity contribution in [2.45, 2.75) is 6.92 Å². The molecule has 0 spiro atoms. The zero-order valence-electron chi connectivity index (χ0n) is 13.0. The number of primary amides is 1. The summed E-state index contributed by atoms with van der Waals surface area (Å²) in [5.41, 5.74) is 7.94. The number of rotatable bonds is 5. The van der Waals surface area contributed by atoms with E-state index in [1.54, 1.807) is 31.4 Å². The number of carbonyl (C=O) groups excluding carboxylic acids is 2. The Morgan fingerprint density at radius 2 is 1.96 bits per heavy atom. The van der Waals surface area contributed by atoms with Gasteiger partial charge in [-0.3, -0.25) is 9.59 Å². The second kappa shape index (κ2) is 7.26. The summed E-state index contributed by atoms with van der Waals surface area (Å²) in [6.07, 6.45) is 3.09. The minimum absolute atomic E-state index is 0.310. The van der Waals surface area contributed by atoms with Crippen LogP contribution in [0.3, 0.4) is 0 Å². The smallest absolute Gasteiger partial charge is 0.248 e. The summed E-state index contributed by atoms with van der Waals surface area (Å²) in [6, 6.07) is 12.2. The van der Waals surface area contributed by atoms with Crippen molar-refractivity contribution in [2.75, 3.05) is 12.4 Å². The molecule has 0 saturated carbocycles. The lowest BCUT2D eigenvalue weighted by Crippen LogP contribution is -2.12. The summed E-state index contributed by atoms with van der Waals surface area (Å²) in [5, 5.41) is 2.69. The van der Waals surface area contributed by atoms with Crippen LogP contribution >= 0.6 is 0 Å². The highest BCUT2D eigenvalue weighted by molar-refractivity contribution is 6.03. The highest BCUT2D eigenvalue weighted by Crippen LogP contribution is 2.21. The van der Waals surface area contributed by atoms with Crippen molar-refractivity contribution in [1.82, 2.24) is 0 Å². The zero-order valence-corrected chi connectivity index (χ0v) is 13.0. The van der Waals surface area contributed by atoms with Gasteiger partial charge in [-0.15, -0.1) is 0 Å². The van der Waals surface area contributed by atoms with Gasteiger partial charge in [0, 0.05) is 22.9 Å². The van der Waals surface area contributed by atoms with E-state index in [1.807, 2.05) is 25.1 Å². The van der Waals surface area contributed by atoms with Crippen LogP contribution in [0.25, 0.3) is 6.08 Å². The number of amides is 2. The highest BCUT2D eigenvalue weighted by atomic mass is 16.5. The Morgan fingerprint density at radius 1 is 1.17 bits per heavy atom. The fourth-order valence-corrected chi connectivity index (χ4v) is 2.08. The molecule has 0 radical (unpaired) electrons. The first kappa shape index (κ1) is 16.3. The SMILES string of the molecule is COc1ccc(C)cc1/C=C/C(=O)Nc1cccc(C(N)=O)c1. The minimum atomic E-state index is -0.541. The van der Waals surface area contributed by atoms with E-state index in [1.165, 1.54) is 12.1 Å². The Hall–Kier alpha value is -3.08. The Kier molecular flexibility index (Phi) is 5.15. The van der Waals surface area contributed by atoms with Crippen LogP contribution in [0, 0.1) is 6.92 Å². The molecule has 0 atom stereocenters. The van der Waals surface area contributed by atoms with Crippen molar-refractivity contribution in [3.8, 4) is 5.75 Å². The molecule has 23 heavy (non-hydrogen) atoms. The number of aryl methyl sites for hydroxylation is 1. The van der Waals surface area contributed by atoms with E-state index in [9.17, 15) is 9.59 Å². The number of hydrogen-bond donors (Lipinski definition) is 2. The van der Waals surface area contributed by atoms with Crippen molar-refractivity contribution < 1.29 is 14.3 Å². The Balaban J connectivity index is 2.12. The van der Waals surface area contributed by atoms with E-state index in [4.69, 9.17) is 10.5 Å². The van der Waals surface area contributed by atoms with E-state index in [0.717, 1.165) is 11.1 Å². The molecule has 2 aromatic carbocycles. The molecule has 0 aliphatic heterocycles. The van der Waals surface area contributed by atoms with Gasteiger partial charge in [0.25, 0.3) is 0 Å². The lowest BCUT2D eigenvalue weighted by atomic mass is 10.1. The molecule has 3 N–H and O–H groups in total. The third kappa shape index (κ3) is 4.44. The van der Waals surface area contributed by atoms with E-state index in [2.05, 4.69) is 5.32 Å². The van der Waals surface area contributed by atoms with E-state index in [-0.39, 0.29) is 5.91 Å². The fourth-order valence-electron chi connectivity index (χ4n) is 2.08. The first-order valence-electron chi connectivity index (χ1n) is 7.03. The molecule has 2 rings (SSSR count). The molecule has 118 valence electrons. The van der Waals surface area contributed by atoms with Gasteiger partial charge >= 0.3 is 0 Å². The second-order valence-corrected chi connectivity index (χ2v) is 5.01. The predicted molar refractivity (Wildman–Crippen MR) is 90.4 cm³/mol. The summed E-state index contributed by atoms with van der Waals surface area (Å²) in [4.78, 5) is 23.1. The van der Waals surface area contributed by atoms with E-state index >= 15 is 0 Å². The van der Waals surface area contributed by atoms with Crippen LogP contribution in [-0.2, 0) is 4.79 Å². The minimum Gasteiger partial charge on any atom is -0.496 e. The number of anilines is 1. The van der Waals surface area contributed by atoms with Gasteiger partial charge in [0.05, 0.1) is 7.11 Å². The van der Waals surface area contributed by atoms with Gasteiger partial charge in [0.15, 0.2) is 0 Å². The molecule has 0 aliphatic rings. The molecule has 5 heteroatoms. The molecule has 2 amide bonds. The predicted octanol–water partition coefficient (Wildman–Crippen LogP) is 2.75. The van der Waals surface area contributed by atoms with Crippen LogP contribution in [0.2, 0.25) is 0 Å². The third-order valence-corrected chi connectivity index (χ3v) is 3.21. The standard InChI is InChI=1S/C18H18N2O3/c1-12-6-8-16(23-2)13(10-12)7-9-17(21)20-15-5-3-4-14(11-15)18(19)22/h3-11H,1-2H3,(H2,19,22)(H,20,21)/b9-7+. The molecule has 5 nitrogen and oxygen atoms in total. The molecule has 0 bridgehead atoms. The van der Waals surface area contributed by atoms with Crippen LogP contribution in [0.1, 0.15) is 21.5 Å². The number of nitrogens with two attached hydrogens (primary N) is 1. The highest BCUT2D eigenvalue weighted by Gasteiger charge is 2.04. The van der Waals surface area contributed by atoms with Crippen molar-refractivity contribution in [3.05, 3.63) is 65.2 Å². The van der Waals surface area contributed by atoms with Crippen LogP contribution in [0.4, 0.5) is 5.69 Å². The average molecular weight is 310 g/mol. The first-order valence-corrected chi connectivity index (χ1v) is 7.03. The number of nitrogens with one attached hydrogen (secondary N) is 1. The summed E-state index contributed by atoms with van der Waals surface area (Å²) in [5.74, 6) is -0.160. The Labute approximate surface area is 134 Å². The largest absolute Gasteiger partial charge is 0.496 e. The molecular weight excluding hydrogens is 292 g/mol. The fraction of sp³-hybridized carbons (Fsp3) is 0.111. The van der Waals surface area contributed by atoms with Gasteiger partial charge in [-0.2, -0.15) is 0 Å². The zero-order chi connectivity index (χ0) is 16.8.